The number of carbonyl (C=O) groups is 2. The predicted octanol–water partition coefficient (Wildman–Crippen LogP) is 0.0184. The maximum atomic E-state index is 12.7. The number of nitrogens with one attached hydrogen (secondary N) is 1. The minimum absolute atomic E-state index is 0.0636. The molecule has 0 aliphatic carbocycles. The summed E-state index contributed by atoms with van der Waals surface area (Å²) in [7, 11) is -3.86. The normalized spacial score (nSPS) is 18.7. The van der Waals surface area contributed by atoms with E-state index in [1.165, 1.54) is 18.2 Å². The van der Waals surface area contributed by atoms with Gasteiger partial charge in [0, 0.05) is 33.1 Å². The lowest BCUT2D eigenvalue weighted by molar-refractivity contribution is -0.140. The van der Waals surface area contributed by atoms with Gasteiger partial charge in [-0.25, -0.2) is 0 Å². The van der Waals surface area contributed by atoms with Crippen molar-refractivity contribution in [1.29, 1.82) is 0 Å². The highest BCUT2D eigenvalue weighted by molar-refractivity contribution is 7.86. The van der Waals surface area contributed by atoms with E-state index in [9.17, 15) is 18.0 Å². The van der Waals surface area contributed by atoms with E-state index in [-0.39, 0.29) is 19.0 Å². The Morgan fingerprint density at radius 2 is 1.77 bits per heavy atom. The summed E-state index contributed by atoms with van der Waals surface area (Å²) in [4.78, 5) is 22.1. The Hall–Kier alpha value is -1.19. The van der Waals surface area contributed by atoms with Gasteiger partial charge in [-0.05, 0) is 19.8 Å². The Morgan fingerprint density at radius 1 is 1.23 bits per heavy atom. The molecule has 9 heteroatoms. The van der Waals surface area contributed by atoms with Crippen LogP contribution >= 0.6 is 0 Å². The molecule has 128 valence electrons. The van der Waals surface area contributed by atoms with E-state index in [1.807, 2.05) is 0 Å². The highest BCUT2D eigenvalue weighted by Gasteiger charge is 2.36. The number of rotatable bonds is 7. The first kappa shape index (κ1) is 18.9. The SMILES string of the molecule is CC(=O)NCCN(C(C)C(=O)O)S(=O)(=O)N1CCCCCC1. The topological polar surface area (TPSA) is 107 Å². The maximum Gasteiger partial charge on any atom is 0.321 e. The van der Waals surface area contributed by atoms with Gasteiger partial charge in [0.05, 0.1) is 0 Å². The van der Waals surface area contributed by atoms with Crippen LogP contribution in [0.25, 0.3) is 0 Å². The third kappa shape index (κ3) is 5.22. The second-order valence-electron chi connectivity index (χ2n) is 5.43. The van der Waals surface area contributed by atoms with Crippen LogP contribution in [0, 0.1) is 0 Å². The molecule has 0 aromatic carbocycles. The fraction of sp³-hybridized carbons (Fsp3) is 0.846. The van der Waals surface area contributed by atoms with Crippen molar-refractivity contribution in [2.75, 3.05) is 26.2 Å². The van der Waals surface area contributed by atoms with Crippen molar-refractivity contribution in [3.63, 3.8) is 0 Å². The number of hydrogen-bond acceptors (Lipinski definition) is 4. The molecule has 1 fully saturated rings. The van der Waals surface area contributed by atoms with Gasteiger partial charge < -0.3 is 10.4 Å². The third-order valence-corrected chi connectivity index (χ3v) is 5.79. The molecule has 1 aliphatic rings. The molecule has 1 atom stereocenters. The molecule has 1 saturated heterocycles. The summed E-state index contributed by atoms with van der Waals surface area (Å²) in [5, 5.41) is 11.7. The van der Waals surface area contributed by atoms with Gasteiger partial charge in [0.2, 0.25) is 5.91 Å². The minimum atomic E-state index is -3.86. The van der Waals surface area contributed by atoms with Crippen LogP contribution in [0.15, 0.2) is 0 Å². The molecule has 1 aliphatic heterocycles. The standard InChI is InChI=1S/C13H25N3O5S/c1-11(13(18)19)16(10-7-14-12(2)17)22(20,21)15-8-5-3-4-6-9-15/h11H,3-10H2,1-2H3,(H,14,17)(H,18,19). The average molecular weight is 335 g/mol. The van der Waals surface area contributed by atoms with Crippen molar-refractivity contribution in [3.8, 4) is 0 Å². The summed E-state index contributed by atoms with van der Waals surface area (Å²) in [6.07, 6.45) is 3.51. The van der Waals surface area contributed by atoms with Gasteiger partial charge in [-0.1, -0.05) is 12.8 Å². The fourth-order valence-corrected chi connectivity index (χ4v) is 4.22. The van der Waals surface area contributed by atoms with E-state index in [4.69, 9.17) is 5.11 Å². The Balaban J connectivity index is 2.90. The van der Waals surface area contributed by atoms with Gasteiger partial charge >= 0.3 is 5.97 Å². The molecule has 1 unspecified atom stereocenters. The van der Waals surface area contributed by atoms with Crippen molar-refractivity contribution in [2.45, 2.75) is 45.6 Å². The molecular weight excluding hydrogens is 310 g/mol. The van der Waals surface area contributed by atoms with Crippen molar-refractivity contribution < 1.29 is 23.1 Å². The minimum Gasteiger partial charge on any atom is -0.480 e. The molecular formula is C13H25N3O5S. The van der Waals surface area contributed by atoms with Crippen LogP contribution in [-0.4, -0.2) is 66.2 Å². The number of amides is 1. The molecule has 2 N–H and O–H groups in total. The van der Waals surface area contributed by atoms with Crippen molar-refractivity contribution >= 4 is 22.1 Å². The average Bonchev–Trinajstić information content (AvgIpc) is 2.71. The van der Waals surface area contributed by atoms with Crippen LogP contribution in [0.4, 0.5) is 0 Å². The number of aliphatic carboxylic acids is 1. The molecule has 0 spiro atoms. The molecule has 0 bridgehead atoms. The third-order valence-electron chi connectivity index (χ3n) is 3.68. The van der Waals surface area contributed by atoms with Gasteiger partial charge in [-0.15, -0.1) is 0 Å². The van der Waals surface area contributed by atoms with E-state index in [2.05, 4.69) is 5.32 Å². The van der Waals surface area contributed by atoms with Crippen LogP contribution in [0.3, 0.4) is 0 Å². The molecule has 0 radical (unpaired) electrons. The quantitative estimate of drug-likeness (QED) is 0.682. The van der Waals surface area contributed by atoms with Crippen LogP contribution in [0.1, 0.15) is 39.5 Å². The van der Waals surface area contributed by atoms with E-state index in [1.54, 1.807) is 0 Å². The monoisotopic (exact) mass is 335 g/mol. The molecule has 22 heavy (non-hydrogen) atoms. The summed E-state index contributed by atoms with van der Waals surface area (Å²) in [6.45, 7) is 3.50. The largest absolute Gasteiger partial charge is 0.480 e. The van der Waals surface area contributed by atoms with Crippen LogP contribution in [-0.2, 0) is 19.8 Å². The van der Waals surface area contributed by atoms with Crippen LogP contribution < -0.4 is 5.32 Å². The summed E-state index contributed by atoms with van der Waals surface area (Å²) in [5.74, 6) is -1.49. The lowest BCUT2D eigenvalue weighted by Crippen LogP contribution is -2.52. The predicted molar refractivity (Wildman–Crippen MR) is 81.4 cm³/mol. The molecule has 1 amide bonds. The van der Waals surface area contributed by atoms with Crippen molar-refractivity contribution in [3.05, 3.63) is 0 Å². The highest BCUT2D eigenvalue weighted by Crippen LogP contribution is 2.18. The van der Waals surface area contributed by atoms with E-state index >= 15 is 0 Å². The summed E-state index contributed by atoms with van der Waals surface area (Å²) >= 11 is 0. The number of hydrogen-bond donors (Lipinski definition) is 2. The lowest BCUT2D eigenvalue weighted by Gasteiger charge is -2.31. The van der Waals surface area contributed by atoms with Gasteiger partial charge in [0.1, 0.15) is 6.04 Å². The van der Waals surface area contributed by atoms with Crippen molar-refractivity contribution in [2.24, 2.45) is 0 Å². The first-order valence-electron chi connectivity index (χ1n) is 7.51. The van der Waals surface area contributed by atoms with Gasteiger partial charge in [-0.2, -0.15) is 17.0 Å². The first-order chi connectivity index (χ1) is 10.3. The zero-order chi connectivity index (χ0) is 16.8. The van der Waals surface area contributed by atoms with Gasteiger partial charge in [0.15, 0.2) is 0 Å². The molecule has 0 aromatic heterocycles. The number of carbonyl (C=O) groups excluding carboxylic acids is 1. The fourth-order valence-electron chi connectivity index (χ4n) is 2.39. The lowest BCUT2D eigenvalue weighted by atomic mass is 10.2. The molecule has 0 aromatic rings. The van der Waals surface area contributed by atoms with Crippen molar-refractivity contribution in [1.82, 2.24) is 13.9 Å². The maximum absolute atomic E-state index is 12.7. The highest BCUT2D eigenvalue weighted by atomic mass is 32.2. The van der Waals surface area contributed by atoms with Gasteiger partial charge in [0.25, 0.3) is 10.2 Å². The zero-order valence-electron chi connectivity index (χ0n) is 13.1. The Kier molecular flexibility index (Phi) is 7.24. The second-order valence-corrected chi connectivity index (χ2v) is 7.31. The summed E-state index contributed by atoms with van der Waals surface area (Å²) in [5.41, 5.74) is 0. The van der Waals surface area contributed by atoms with Crippen LogP contribution in [0.5, 0.6) is 0 Å². The molecule has 1 heterocycles. The number of carboxylic acid groups (broad SMARTS) is 1. The first-order valence-corrected chi connectivity index (χ1v) is 8.90. The van der Waals surface area contributed by atoms with E-state index in [0.717, 1.165) is 30.0 Å². The number of carboxylic acids is 1. The Bertz CT molecular complexity index is 486. The van der Waals surface area contributed by atoms with E-state index in [0.29, 0.717) is 13.1 Å². The van der Waals surface area contributed by atoms with Crippen LogP contribution in [0.2, 0.25) is 0 Å². The molecule has 0 saturated carbocycles. The smallest absolute Gasteiger partial charge is 0.321 e. The Labute approximate surface area is 131 Å². The summed E-state index contributed by atoms with van der Waals surface area (Å²) in [6, 6.07) is -1.18. The number of nitrogens with zero attached hydrogens (tertiary/aromatic N) is 2. The summed E-state index contributed by atoms with van der Waals surface area (Å²) < 4.78 is 27.8. The van der Waals surface area contributed by atoms with E-state index < -0.39 is 22.2 Å². The van der Waals surface area contributed by atoms with Gasteiger partial charge in [-0.3, -0.25) is 9.59 Å². The molecule has 8 nitrogen and oxygen atoms in total. The molecule has 1 rings (SSSR count). The Morgan fingerprint density at radius 3 is 2.23 bits per heavy atom. The zero-order valence-corrected chi connectivity index (χ0v) is 13.9. The second kappa shape index (κ2) is 8.44.